The van der Waals surface area contributed by atoms with Crippen molar-refractivity contribution in [2.24, 2.45) is 5.92 Å². The lowest BCUT2D eigenvalue weighted by molar-refractivity contribution is -0.0788. The van der Waals surface area contributed by atoms with Crippen molar-refractivity contribution in [1.29, 1.82) is 0 Å². The predicted molar refractivity (Wildman–Crippen MR) is 67.9 cm³/mol. The van der Waals surface area contributed by atoms with Crippen molar-refractivity contribution in [2.75, 3.05) is 0 Å². The standard InChI is InChI=1S/C15H17FO2/c1-2-11-3-5-12(6-4-11)13-7-9-14(10-8-13)15(17)18-16/h2,7-12H,1,3-6H2. The maximum atomic E-state index is 11.8. The van der Waals surface area contributed by atoms with Crippen molar-refractivity contribution in [1.82, 2.24) is 0 Å². The Hall–Kier alpha value is -1.64. The molecule has 0 spiro atoms. The molecule has 1 saturated carbocycles. The number of hydrogen-bond acceptors (Lipinski definition) is 2. The van der Waals surface area contributed by atoms with E-state index in [4.69, 9.17) is 0 Å². The molecule has 0 atom stereocenters. The van der Waals surface area contributed by atoms with E-state index in [2.05, 4.69) is 11.5 Å². The largest absolute Gasteiger partial charge is 0.379 e. The highest BCUT2D eigenvalue weighted by atomic mass is 19.3. The van der Waals surface area contributed by atoms with Gasteiger partial charge in [-0.05, 0) is 55.2 Å². The lowest BCUT2D eigenvalue weighted by Crippen LogP contribution is -2.11. The minimum absolute atomic E-state index is 0.251. The van der Waals surface area contributed by atoms with Crippen molar-refractivity contribution < 1.29 is 14.3 Å². The highest BCUT2D eigenvalue weighted by molar-refractivity contribution is 5.88. The minimum Gasteiger partial charge on any atom is -0.249 e. The van der Waals surface area contributed by atoms with Gasteiger partial charge >= 0.3 is 5.97 Å². The molecule has 0 amide bonds. The summed E-state index contributed by atoms with van der Waals surface area (Å²) in [6.07, 6.45) is 6.66. The Balaban J connectivity index is 2.02. The first-order valence-corrected chi connectivity index (χ1v) is 6.30. The normalized spacial score (nSPS) is 23.4. The van der Waals surface area contributed by atoms with Crippen LogP contribution in [0, 0.1) is 5.92 Å². The van der Waals surface area contributed by atoms with E-state index in [-0.39, 0.29) is 5.56 Å². The summed E-state index contributed by atoms with van der Waals surface area (Å²) in [5.74, 6) is 0.246. The third-order valence-corrected chi connectivity index (χ3v) is 3.79. The highest BCUT2D eigenvalue weighted by Crippen LogP contribution is 2.36. The van der Waals surface area contributed by atoms with Gasteiger partial charge in [0.1, 0.15) is 0 Å². The van der Waals surface area contributed by atoms with Gasteiger partial charge in [0.05, 0.1) is 5.56 Å². The Morgan fingerprint density at radius 2 is 1.83 bits per heavy atom. The molecule has 0 radical (unpaired) electrons. The van der Waals surface area contributed by atoms with Crippen LogP contribution in [0.5, 0.6) is 0 Å². The van der Waals surface area contributed by atoms with Crippen molar-refractivity contribution in [3.63, 3.8) is 0 Å². The van der Waals surface area contributed by atoms with Crippen LogP contribution in [0.25, 0.3) is 0 Å². The summed E-state index contributed by atoms with van der Waals surface area (Å²) < 4.78 is 11.8. The zero-order chi connectivity index (χ0) is 13.0. The zero-order valence-corrected chi connectivity index (χ0v) is 10.3. The Morgan fingerprint density at radius 3 is 2.33 bits per heavy atom. The molecule has 1 aliphatic rings. The number of rotatable bonds is 3. The molecule has 0 aromatic heterocycles. The van der Waals surface area contributed by atoms with E-state index in [1.54, 1.807) is 12.1 Å². The molecular weight excluding hydrogens is 231 g/mol. The molecule has 18 heavy (non-hydrogen) atoms. The Bertz CT molecular complexity index is 417. The van der Waals surface area contributed by atoms with Crippen molar-refractivity contribution in [2.45, 2.75) is 31.6 Å². The maximum absolute atomic E-state index is 11.8. The molecule has 0 saturated heterocycles. The topological polar surface area (TPSA) is 26.3 Å². The van der Waals surface area contributed by atoms with E-state index in [0.717, 1.165) is 12.8 Å². The third-order valence-electron chi connectivity index (χ3n) is 3.79. The molecule has 2 nitrogen and oxygen atoms in total. The van der Waals surface area contributed by atoms with Gasteiger partial charge in [-0.25, -0.2) is 9.74 Å². The number of carbonyl (C=O) groups is 1. The van der Waals surface area contributed by atoms with Gasteiger partial charge < -0.3 is 0 Å². The molecule has 0 bridgehead atoms. The average Bonchev–Trinajstić information content (AvgIpc) is 2.47. The second kappa shape index (κ2) is 5.80. The van der Waals surface area contributed by atoms with Gasteiger partial charge in [0.2, 0.25) is 0 Å². The number of benzene rings is 1. The van der Waals surface area contributed by atoms with Gasteiger partial charge in [0.15, 0.2) is 0 Å². The monoisotopic (exact) mass is 248 g/mol. The Labute approximate surface area is 106 Å². The Morgan fingerprint density at radius 1 is 1.22 bits per heavy atom. The second-order valence-electron chi connectivity index (χ2n) is 4.83. The first-order valence-electron chi connectivity index (χ1n) is 6.30. The van der Waals surface area contributed by atoms with Crippen LogP contribution in [0.4, 0.5) is 4.53 Å². The summed E-state index contributed by atoms with van der Waals surface area (Å²) >= 11 is 0. The molecular formula is C15H17FO2. The molecule has 1 aliphatic carbocycles. The van der Waals surface area contributed by atoms with Gasteiger partial charge in [0, 0.05) is 4.53 Å². The molecule has 1 aromatic rings. The van der Waals surface area contributed by atoms with E-state index in [9.17, 15) is 9.32 Å². The van der Waals surface area contributed by atoms with Gasteiger partial charge in [-0.1, -0.05) is 18.2 Å². The molecule has 0 unspecified atom stereocenters. The van der Waals surface area contributed by atoms with Crippen LogP contribution in [0.3, 0.4) is 0 Å². The first-order chi connectivity index (χ1) is 8.74. The van der Waals surface area contributed by atoms with Crippen LogP contribution >= 0.6 is 0 Å². The van der Waals surface area contributed by atoms with Gasteiger partial charge in [0.25, 0.3) is 0 Å². The maximum Gasteiger partial charge on any atom is 0.379 e. The molecule has 0 N–H and O–H groups in total. The molecule has 96 valence electrons. The van der Waals surface area contributed by atoms with E-state index in [1.165, 1.54) is 18.4 Å². The van der Waals surface area contributed by atoms with E-state index >= 15 is 0 Å². The number of hydrogen-bond donors (Lipinski definition) is 0. The summed E-state index contributed by atoms with van der Waals surface area (Å²) in [4.78, 5) is 14.2. The Kier molecular flexibility index (Phi) is 4.13. The summed E-state index contributed by atoms with van der Waals surface area (Å²) in [7, 11) is 0. The number of allylic oxidation sites excluding steroid dienone is 1. The third kappa shape index (κ3) is 2.78. The fourth-order valence-electron chi connectivity index (χ4n) is 2.62. The second-order valence-corrected chi connectivity index (χ2v) is 4.83. The van der Waals surface area contributed by atoms with Crippen molar-refractivity contribution in [3.05, 3.63) is 48.0 Å². The lowest BCUT2D eigenvalue weighted by Gasteiger charge is -2.26. The summed E-state index contributed by atoms with van der Waals surface area (Å²) in [6.45, 7) is 3.84. The van der Waals surface area contributed by atoms with Crippen LogP contribution in [-0.2, 0) is 4.94 Å². The predicted octanol–water partition coefficient (Wildman–Crippen LogP) is 4.19. The van der Waals surface area contributed by atoms with Crippen LogP contribution in [0.15, 0.2) is 36.9 Å². The van der Waals surface area contributed by atoms with Gasteiger partial charge in [-0.2, -0.15) is 0 Å². The summed E-state index contributed by atoms with van der Waals surface area (Å²) in [6, 6.07) is 7.03. The van der Waals surface area contributed by atoms with Crippen molar-refractivity contribution >= 4 is 5.97 Å². The average molecular weight is 248 g/mol. The first kappa shape index (κ1) is 12.8. The smallest absolute Gasteiger partial charge is 0.249 e. The summed E-state index contributed by atoms with van der Waals surface area (Å²) in [5.41, 5.74) is 1.47. The molecule has 1 fully saturated rings. The molecule has 2 rings (SSSR count). The fourth-order valence-corrected chi connectivity index (χ4v) is 2.62. The SMILES string of the molecule is C=CC1CCC(c2ccc(C(=O)OF)cc2)CC1. The lowest BCUT2D eigenvalue weighted by atomic mass is 9.79. The molecule has 3 heteroatoms. The van der Waals surface area contributed by atoms with E-state index in [1.807, 2.05) is 18.2 Å². The van der Waals surface area contributed by atoms with Crippen LogP contribution in [0.1, 0.15) is 47.5 Å². The van der Waals surface area contributed by atoms with E-state index < -0.39 is 5.97 Å². The summed E-state index contributed by atoms with van der Waals surface area (Å²) in [5, 5.41) is 0. The van der Waals surface area contributed by atoms with Crippen LogP contribution < -0.4 is 0 Å². The minimum atomic E-state index is -0.933. The van der Waals surface area contributed by atoms with Crippen LogP contribution in [0.2, 0.25) is 0 Å². The van der Waals surface area contributed by atoms with Crippen LogP contribution in [-0.4, -0.2) is 5.97 Å². The van der Waals surface area contributed by atoms with Gasteiger partial charge in [-0.15, -0.1) is 6.58 Å². The van der Waals surface area contributed by atoms with Crippen molar-refractivity contribution in [3.8, 4) is 0 Å². The molecule has 0 aliphatic heterocycles. The number of carbonyl (C=O) groups excluding carboxylic acids is 1. The number of halogens is 1. The fraction of sp³-hybridized carbons (Fsp3) is 0.400. The molecule has 1 aromatic carbocycles. The highest BCUT2D eigenvalue weighted by Gasteiger charge is 2.20. The van der Waals surface area contributed by atoms with E-state index in [0.29, 0.717) is 11.8 Å². The zero-order valence-electron chi connectivity index (χ0n) is 10.3. The van der Waals surface area contributed by atoms with Gasteiger partial charge in [-0.3, -0.25) is 0 Å². The quantitative estimate of drug-likeness (QED) is 0.750. The molecule has 0 heterocycles.